The summed E-state index contributed by atoms with van der Waals surface area (Å²) in [6, 6.07) is 3.05. The smallest absolute Gasteiger partial charge is 0.253 e. The van der Waals surface area contributed by atoms with Crippen molar-refractivity contribution >= 4 is 21.4 Å². The second-order valence-corrected chi connectivity index (χ2v) is 8.42. The molecule has 3 rings (SSSR count). The lowest BCUT2D eigenvalue weighted by atomic mass is 10.1. The second-order valence-electron chi connectivity index (χ2n) is 5.36. The molecule has 2 aromatic rings. The third kappa shape index (κ3) is 2.95. The Morgan fingerprint density at radius 3 is 3.05 bits per heavy atom. The molecule has 0 amide bonds. The van der Waals surface area contributed by atoms with Gasteiger partial charge in [0.15, 0.2) is 5.82 Å². The van der Waals surface area contributed by atoms with E-state index in [0.29, 0.717) is 22.5 Å². The number of rotatable bonds is 5. The molecule has 0 radical (unpaired) electrons. The fraction of sp³-hybridized carbons (Fsp3) is 0.571. The molecule has 0 spiro atoms. The summed E-state index contributed by atoms with van der Waals surface area (Å²) in [5.74, 6) is 1.07. The Morgan fingerprint density at radius 1 is 1.45 bits per heavy atom. The molecule has 0 bridgehead atoms. The van der Waals surface area contributed by atoms with Crippen LogP contribution in [0.1, 0.15) is 50.4 Å². The van der Waals surface area contributed by atoms with Gasteiger partial charge in [-0.15, -0.1) is 11.3 Å². The van der Waals surface area contributed by atoms with Crippen molar-refractivity contribution < 1.29 is 12.9 Å². The molecular formula is C14H19N3O3S2. The van der Waals surface area contributed by atoms with Gasteiger partial charge in [-0.1, -0.05) is 24.6 Å². The van der Waals surface area contributed by atoms with Crippen molar-refractivity contribution in [2.45, 2.75) is 49.3 Å². The lowest BCUT2D eigenvalue weighted by Gasteiger charge is -2.31. The highest BCUT2D eigenvalue weighted by Gasteiger charge is 2.37. The fourth-order valence-corrected chi connectivity index (χ4v) is 5.46. The molecule has 0 aromatic carbocycles. The van der Waals surface area contributed by atoms with Crippen LogP contribution < -0.4 is 0 Å². The number of thiophene rings is 1. The molecule has 3 heterocycles. The van der Waals surface area contributed by atoms with Crippen LogP contribution >= 0.6 is 11.3 Å². The lowest BCUT2D eigenvalue weighted by Crippen LogP contribution is -2.38. The number of sulfonamides is 1. The predicted octanol–water partition coefficient (Wildman–Crippen LogP) is 3.00. The number of hydrogen-bond donors (Lipinski definition) is 0. The highest BCUT2D eigenvalue weighted by molar-refractivity contribution is 7.91. The van der Waals surface area contributed by atoms with Crippen molar-refractivity contribution in [2.24, 2.45) is 0 Å². The van der Waals surface area contributed by atoms with Crippen molar-refractivity contribution in [1.82, 2.24) is 14.4 Å². The zero-order chi connectivity index (χ0) is 15.6. The third-order valence-corrected chi connectivity index (χ3v) is 7.04. The van der Waals surface area contributed by atoms with Crippen LogP contribution in [0.5, 0.6) is 0 Å². The summed E-state index contributed by atoms with van der Waals surface area (Å²) in [5, 5.41) is 5.73. The van der Waals surface area contributed by atoms with Crippen molar-refractivity contribution in [3.8, 4) is 0 Å². The van der Waals surface area contributed by atoms with Gasteiger partial charge in [-0.25, -0.2) is 8.42 Å². The Morgan fingerprint density at radius 2 is 2.32 bits per heavy atom. The minimum Gasteiger partial charge on any atom is -0.338 e. The molecule has 6 nitrogen and oxygen atoms in total. The molecule has 0 unspecified atom stereocenters. The molecule has 1 aliphatic rings. The normalized spacial score (nSPS) is 20.3. The summed E-state index contributed by atoms with van der Waals surface area (Å²) >= 11 is 1.24. The topological polar surface area (TPSA) is 76.3 Å². The number of nitrogens with zero attached hydrogens (tertiary/aromatic N) is 3. The molecule has 0 aliphatic carbocycles. The van der Waals surface area contributed by atoms with Crippen LogP contribution in [0, 0.1) is 0 Å². The zero-order valence-electron chi connectivity index (χ0n) is 12.4. The van der Waals surface area contributed by atoms with Crippen LogP contribution in [0.2, 0.25) is 0 Å². The third-order valence-electron chi connectivity index (χ3n) is 3.75. The monoisotopic (exact) mass is 341 g/mol. The molecule has 0 saturated carbocycles. The van der Waals surface area contributed by atoms with Crippen LogP contribution in [0.25, 0.3) is 0 Å². The van der Waals surface area contributed by atoms with E-state index in [2.05, 4.69) is 10.1 Å². The average Bonchev–Trinajstić information content (AvgIpc) is 3.19. The van der Waals surface area contributed by atoms with Gasteiger partial charge in [-0.05, 0) is 30.7 Å². The summed E-state index contributed by atoms with van der Waals surface area (Å²) in [4.78, 5) is 4.39. The number of piperidine rings is 1. The van der Waals surface area contributed by atoms with Gasteiger partial charge in [0.1, 0.15) is 10.3 Å². The van der Waals surface area contributed by atoms with Gasteiger partial charge in [-0.2, -0.15) is 9.29 Å². The van der Waals surface area contributed by atoms with Gasteiger partial charge in [0.2, 0.25) is 5.89 Å². The van der Waals surface area contributed by atoms with E-state index in [1.165, 1.54) is 15.6 Å². The molecule has 22 heavy (non-hydrogen) atoms. The summed E-state index contributed by atoms with van der Waals surface area (Å²) in [5.41, 5.74) is 0. The Kier molecular flexibility index (Phi) is 4.60. The van der Waals surface area contributed by atoms with Gasteiger partial charge >= 0.3 is 0 Å². The van der Waals surface area contributed by atoms with Crippen molar-refractivity contribution in [2.75, 3.05) is 6.54 Å². The lowest BCUT2D eigenvalue weighted by molar-refractivity contribution is 0.204. The van der Waals surface area contributed by atoms with Crippen molar-refractivity contribution in [3.05, 3.63) is 29.2 Å². The van der Waals surface area contributed by atoms with E-state index in [4.69, 9.17) is 4.52 Å². The van der Waals surface area contributed by atoms with Gasteiger partial charge in [-0.3, -0.25) is 0 Å². The van der Waals surface area contributed by atoms with Crippen molar-refractivity contribution in [3.63, 3.8) is 0 Å². The summed E-state index contributed by atoms with van der Waals surface area (Å²) in [6.07, 6.45) is 4.22. The Bertz CT molecular complexity index is 710. The molecule has 8 heteroatoms. The van der Waals surface area contributed by atoms with E-state index in [0.717, 1.165) is 32.1 Å². The largest absolute Gasteiger partial charge is 0.338 e. The van der Waals surface area contributed by atoms with E-state index in [-0.39, 0.29) is 6.04 Å². The van der Waals surface area contributed by atoms with E-state index < -0.39 is 10.0 Å². The minimum absolute atomic E-state index is 0.348. The Hall–Kier alpha value is -1.25. The minimum atomic E-state index is -3.49. The quantitative estimate of drug-likeness (QED) is 0.835. The van der Waals surface area contributed by atoms with Gasteiger partial charge < -0.3 is 4.52 Å². The second kappa shape index (κ2) is 6.47. The highest BCUT2D eigenvalue weighted by Crippen LogP contribution is 2.35. The van der Waals surface area contributed by atoms with Crippen LogP contribution in [0.3, 0.4) is 0 Å². The van der Waals surface area contributed by atoms with E-state index in [9.17, 15) is 8.42 Å². The first kappa shape index (κ1) is 15.6. The molecule has 1 atom stereocenters. The van der Waals surface area contributed by atoms with Crippen LogP contribution in [0.15, 0.2) is 26.2 Å². The molecule has 1 saturated heterocycles. The number of aryl methyl sites for hydroxylation is 1. The first-order chi connectivity index (χ1) is 10.6. The zero-order valence-corrected chi connectivity index (χ0v) is 14.1. The fourth-order valence-electron chi connectivity index (χ4n) is 2.69. The summed E-state index contributed by atoms with van der Waals surface area (Å²) in [6.45, 7) is 2.54. The van der Waals surface area contributed by atoms with E-state index in [1.807, 2.05) is 6.92 Å². The maximum atomic E-state index is 12.8. The number of aromatic nitrogens is 2. The van der Waals surface area contributed by atoms with Crippen molar-refractivity contribution in [1.29, 1.82) is 0 Å². The maximum absolute atomic E-state index is 12.8. The van der Waals surface area contributed by atoms with Gasteiger partial charge in [0.25, 0.3) is 10.0 Å². The standard InChI is InChI=1S/C14H19N3O3S2/c1-2-6-12-15-14(20-16-12)11-7-3-4-9-17(11)22(18,19)13-8-5-10-21-13/h5,8,10-11H,2-4,6-7,9H2,1H3/t11-/m1/s1. The molecule has 120 valence electrons. The molecule has 1 fully saturated rings. The van der Waals surface area contributed by atoms with Crippen LogP contribution in [-0.2, 0) is 16.4 Å². The van der Waals surface area contributed by atoms with E-state index in [1.54, 1.807) is 17.5 Å². The SMILES string of the molecule is CCCc1noc([C@H]2CCCCN2S(=O)(=O)c2cccs2)n1. The highest BCUT2D eigenvalue weighted by atomic mass is 32.2. The first-order valence-corrected chi connectivity index (χ1v) is 9.82. The predicted molar refractivity (Wildman–Crippen MR) is 83.1 cm³/mol. The Balaban J connectivity index is 1.91. The van der Waals surface area contributed by atoms with Gasteiger partial charge in [0, 0.05) is 13.0 Å². The molecule has 0 N–H and O–H groups in total. The van der Waals surface area contributed by atoms with E-state index >= 15 is 0 Å². The van der Waals surface area contributed by atoms with Crippen LogP contribution in [-0.4, -0.2) is 29.4 Å². The summed E-state index contributed by atoms with van der Waals surface area (Å²) < 4.78 is 32.8. The first-order valence-electron chi connectivity index (χ1n) is 7.50. The number of hydrogen-bond acceptors (Lipinski definition) is 6. The maximum Gasteiger partial charge on any atom is 0.253 e. The molecular weight excluding hydrogens is 322 g/mol. The molecule has 2 aromatic heterocycles. The Labute approximate surface area is 134 Å². The van der Waals surface area contributed by atoms with Gasteiger partial charge in [0.05, 0.1) is 0 Å². The van der Waals surface area contributed by atoms with Crippen LogP contribution in [0.4, 0.5) is 0 Å². The summed E-state index contributed by atoms with van der Waals surface area (Å²) in [7, 11) is -3.49. The average molecular weight is 341 g/mol. The molecule has 1 aliphatic heterocycles.